The van der Waals surface area contributed by atoms with Crippen molar-refractivity contribution in [3.05, 3.63) is 0 Å². The third kappa shape index (κ3) is 1.86. The summed E-state index contributed by atoms with van der Waals surface area (Å²) in [6, 6.07) is 0. The highest BCUT2D eigenvalue weighted by atomic mass is 32.2. The molecule has 1 aliphatic rings. The molecule has 0 saturated carbocycles. The quantitative estimate of drug-likeness (QED) is 0.637. The van der Waals surface area contributed by atoms with E-state index in [1.165, 1.54) is 0 Å². The topological polar surface area (TPSA) is 74.6 Å². The first-order valence-electron chi connectivity index (χ1n) is 3.22. The van der Waals surface area contributed by atoms with Gasteiger partial charge in [-0.05, 0) is 12.8 Å². The first kappa shape index (κ1) is 8.39. The highest BCUT2D eigenvalue weighted by molar-refractivity contribution is 8.02. The maximum atomic E-state index is 10.4. The molecule has 1 fully saturated rings. The lowest BCUT2D eigenvalue weighted by Crippen LogP contribution is -2.15. The van der Waals surface area contributed by atoms with Gasteiger partial charge < -0.3 is 10.2 Å². The monoisotopic (exact) mass is 176 g/mol. The Balaban J connectivity index is 2.47. The largest absolute Gasteiger partial charge is 0.480 e. The van der Waals surface area contributed by atoms with Crippen LogP contribution < -0.4 is 0 Å². The number of thioether (sulfide) groups is 1. The molecule has 1 saturated heterocycles. The number of carboxylic acid groups (broad SMARTS) is 2. The lowest BCUT2D eigenvalue weighted by atomic mass is 10.2. The van der Waals surface area contributed by atoms with Crippen LogP contribution in [0.15, 0.2) is 0 Å². The van der Waals surface area contributed by atoms with E-state index >= 15 is 0 Å². The van der Waals surface area contributed by atoms with Crippen LogP contribution in [-0.4, -0.2) is 32.7 Å². The Kier molecular flexibility index (Phi) is 2.38. The summed E-state index contributed by atoms with van der Waals surface area (Å²) in [7, 11) is 0. The first-order valence-corrected chi connectivity index (χ1v) is 4.16. The van der Waals surface area contributed by atoms with E-state index in [2.05, 4.69) is 0 Å². The molecule has 1 heterocycles. The highest BCUT2D eigenvalue weighted by Crippen LogP contribution is 2.33. The van der Waals surface area contributed by atoms with E-state index in [1.807, 2.05) is 0 Å². The lowest BCUT2D eigenvalue weighted by Gasteiger charge is -2.01. The minimum absolute atomic E-state index is 0.469. The molecular formula is C6H8O4S. The molecule has 0 aliphatic carbocycles. The van der Waals surface area contributed by atoms with Gasteiger partial charge in [-0.15, -0.1) is 11.8 Å². The van der Waals surface area contributed by atoms with E-state index in [4.69, 9.17) is 10.2 Å². The number of carboxylic acids is 2. The molecule has 2 atom stereocenters. The van der Waals surface area contributed by atoms with Crippen LogP contribution in [-0.2, 0) is 9.59 Å². The number of hydrogen-bond donors (Lipinski definition) is 2. The number of aliphatic carboxylic acids is 2. The average Bonchev–Trinajstić information content (AvgIpc) is 2.33. The van der Waals surface area contributed by atoms with E-state index in [-0.39, 0.29) is 0 Å². The maximum Gasteiger partial charge on any atom is 0.316 e. The van der Waals surface area contributed by atoms with E-state index in [0.29, 0.717) is 12.8 Å². The van der Waals surface area contributed by atoms with Gasteiger partial charge in [-0.1, -0.05) is 0 Å². The summed E-state index contributed by atoms with van der Waals surface area (Å²) in [6.07, 6.45) is 0.938. The Bertz CT molecular complexity index is 171. The molecule has 0 radical (unpaired) electrons. The Morgan fingerprint density at radius 3 is 1.64 bits per heavy atom. The van der Waals surface area contributed by atoms with Gasteiger partial charge in [-0.2, -0.15) is 0 Å². The molecule has 1 rings (SSSR count). The molecule has 1 aliphatic heterocycles. The number of rotatable bonds is 2. The zero-order valence-corrected chi connectivity index (χ0v) is 6.50. The summed E-state index contributed by atoms with van der Waals surface area (Å²) in [5.74, 6) is -1.81. The summed E-state index contributed by atoms with van der Waals surface area (Å²) in [5, 5.41) is 16.0. The van der Waals surface area contributed by atoms with Crippen LogP contribution in [0, 0.1) is 0 Å². The predicted octanol–water partition coefficient (Wildman–Crippen LogP) is 0.420. The summed E-state index contributed by atoms with van der Waals surface area (Å²) in [6.45, 7) is 0. The average molecular weight is 176 g/mol. The molecule has 0 aromatic carbocycles. The molecule has 0 aromatic heterocycles. The third-order valence-corrected chi connectivity index (χ3v) is 3.10. The minimum atomic E-state index is -0.904. The van der Waals surface area contributed by atoms with Gasteiger partial charge in [0.05, 0.1) is 0 Å². The van der Waals surface area contributed by atoms with Gasteiger partial charge in [0.2, 0.25) is 0 Å². The number of hydrogen-bond acceptors (Lipinski definition) is 3. The summed E-state index contributed by atoms with van der Waals surface area (Å²) >= 11 is 1.03. The molecule has 0 spiro atoms. The maximum absolute atomic E-state index is 10.4. The van der Waals surface area contributed by atoms with Gasteiger partial charge in [-0.25, -0.2) is 0 Å². The van der Waals surface area contributed by atoms with Crippen LogP contribution in [0.5, 0.6) is 0 Å². The van der Waals surface area contributed by atoms with Gasteiger partial charge in [0.25, 0.3) is 0 Å². The molecule has 2 N–H and O–H groups in total. The van der Waals surface area contributed by atoms with E-state index in [9.17, 15) is 9.59 Å². The SMILES string of the molecule is O=C(O)[C@H]1CC[C@H](C(=O)O)S1. The van der Waals surface area contributed by atoms with E-state index < -0.39 is 22.4 Å². The fourth-order valence-electron chi connectivity index (χ4n) is 1.00. The van der Waals surface area contributed by atoms with Gasteiger partial charge in [0.1, 0.15) is 10.5 Å². The third-order valence-electron chi connectivity index (χ3n) is 1.57. The summed E-state index contributed by atoms with van der Waals surface area (Å²) < 4.78 is 0. The molecule has 62 valence electrons. The van der Waals surface area contributed by atoms with Crippen molar-refractivity contribution < 1.29 is 19.8 Å². The van der Waals surface area contributed by atoms with Crippen LogP contribution in [0.2, 0.25) is 0 Å². The Labute approximate surface area is 67.6 Å². The van der Waals surface area contributed by atoms with Crippen LogP contribution in [0.1, 0.15) is 12.8 Å². The molecule has 0 bridgehead atoms. The van der Waals surface area contributed by atoms with Crippen LogP contribution in [0.3, 0.4) is 0 Å². The normalized spacial score (nSPS) is 30.2. The fourth-order valence-corrected chi connectivity index (χ4v) is 2.17. The molecule has 0 aromatic rings. The minimum Gasteiger partial charge on any atom is -0.480 e. The van der Waals surface area contributed by atoms with Crippen molar-refractivity contribution >= 4 is 23.7 Å². The molecular weight excluding hydrogens is 168 g/mol. The Hall–Kier alpha value is -0.710. The zero-order chi connectivity index (χ0) is 8.43. The standard InChI is InChI=1S/C6H8O4S/c7-5(8)3-1-2-4(11-3)6(9)10/h3-4H,1-2H2,(H,7,8)(H,9,10)/t3-,4-/m1/s1. The first-order chi connectivity index (χ1) is 5.11. The van der Waals surface area contributed by atoms with Crippen molar-refractivity contribution in [2.24, 2.45) is 0 Å². The van der Waals surface area contributed by atoms with Crippen molar-refractivity contribution in [1.82, 2.24) is 0 Å². The smallest absolute Gasteiger partial charge is 0.316 e. The van der Waals surface area contributed by atoms with Crippen molar-refractivity contribution in [3.63, 3.8) is 0 Å². The second-order valence-corrected chi connectivity index (χ2v) is 3.78. The Morgan fingerprint density at radius 1 is 1.09 bits per heavy atom. The molecule has 0 unspecified atom stereocenters. The van der Waals surface area contributed by atoms with Crippen molar-refractivity contribution in [2.45, 2.75) is 23.3 Å². The second kappa shape index (κ2) is 3.13. The van der Waals surface area contributed by atoms with Gasteiger partial charge in [0.15, 0.2) is 0 Å². The van der Waals surface area contributed by atoms with Gasteiger partial charge in [0, 0.05) is 0 Å². The lowest BCUT2D eigenvalue weighted by molar-refractivity contribution is -0.137. The van der Waals surface area contributed by atoms with Crippen LogP contribution in [0.25, 0.3) is 0 Å². The second-order valence-electron chi connectivity index (χ2n) is 2.37. The molecule has 11 heavy (non-hydrogen) atoms. The predicted molar refractivity (Wildman–Crippen MR) is 39.7 cm³/mol. The van der Waals surface area contributed by atoms with E-state index in [0.717, 1.165) is 11.8 Å². The van der Waals surface area contributed by atoms with Crippen LogP contribution >= 0.6 is 11.8 Å². The Morgan fingerprint density at radius 2 is 1.45 bits per heavy atom. The van der Waals surface area contributed by atoms with Crippen molar-refractivity contribution in [2.75, 3.05) is 0 Å². The highest BCUT2D eigenvalue weighted by Gasteiger charge is 2.34. The summed E-state index contributed by atoms with van der Waals surface area (Å²) in [4.78, 5) is 20.7. The zero-order valence-electron chi connectivity index (χ0n) is 5.69. The molecule has 4 nitrogen and oxygen atoms in total. The van der Waals surface area contributed by atoms with Crippen LogP contribution in [0.4, 0.5) is 0 Å². The molecule has 0 amide bonds. The van der Waals surface area contributed by atoms with Gasteiger partial charge in [-0.3, -0.25) is 9.59 Å². The van der Waals surface area contributed by atoms with Gasteiger partial charge >= 0.3 is 11.9 Å². The van der Waals surface area contributed by atoms with Crippen molar-refractivity contribution in [1.29, 1.82) is 0 Å². The van der Waals surface area contributed by atoms with Crippen molar-refractivity contribution in [3.8, 4) is 0 Å². The molecule has 5 heteroatoms. The number of carbonyl (C=O) groups is 2. The van der Waals surface area contributed by atoms with E-state index in [1.54, 1.807) is 0 Å². The fraction of sp³-hybridized carbons (Fsp3) is 0.667. The summed E-state index contributed by atoms with van der Waals surface area (Å²) in [5.41, 5.74) is 0.